The van der Waals surface area contributed by atoms with Crippen LogP contribution >= 0.6 is 23.4 Å². The molecule has 0 atom stereocenters. The van der Waals surface area contributed by atoms with Crippen LogP contribution in [0.5, 0.6) is 11.5 Å². The summed E-state index contributed by atoms with van der Waals surface area (Å²) in [5, 5.41) is 1.41. The highest BCUT2D eigenvalue weighted by Crippen LogP contribution is 2.38. The lowest BCUT2D eigenvalue weighted by molar-refractivity contribution is 0.122. The molecule has 2 aromatic rings. The molecule has 0 saturated carbocycles. The SMILES string of the molecule is Cc1cc(N2CCOCC2)nc(SCc2cc3c(cc2Cl)OCO3)n1. The second-order valence-corrected chi connectivity index (χ2v) is 7.18. The van der Waals surface area contributed by atoms with Crippen molar-refractivity contribution in [2.75, 3.05) is 38.0 Å². The number of hydrogen-bond donors (Lipinski definition) is 0. The van der Waals surface area contributed by atoms with E-state index >= 15 is 0 Å². The fourth-order valence-electron chi connectivity index (χ4n) is 2.76. The van der Waals surface area contributed by atoms with Gasteiger partial charge >= 0.3 is 0 Å². The molecule has 1 fully saturated rings. The van der Waals surface area contributed by atoms with E-state index in [9.17, 15) is 0 Å². The summed E-state index contributed by atoms with van der Waals surface area (Å²) in [7, 11) is 0. The van der Waals surface area contributed by atoms with E-state index in [0.717, 1.165) is 54.3 Å². The maximum Gasteiger partial charge on any atom is 0.231 e. The first kappa shape index (κ1) is 16.8. The molecule has 0 bridgehead atoms. The normalized spacial score (nSPS) is 16.3. The lowest BCUT2D eigenvalue weighted by Crippen LogP contribution is -2.36. The highest BCUT2D eigenvalue weighted by Gasteiger charge is 2.18. The smallest absolute Gasteiger partial charge is 0.231 e. The second-order valence-electron chi connectivity index (χ2n) is 5.84. The van der Waals surface area contributed by atoms with Crippen molar-refractivity contribution < 1.29 is 14.2 Å². The van der Waals surface area contributed by atoms with Gasteiger partial charge < -0.3 is 19.1 Å². The van der Waals surface area contributed by atoms with Crippen molar-refractivity contribution in [2.24, 2.45) is 0 Å². The van der Waals surface area contributed by atoms with E-state index < -0.39 is 0 Å². The second kappa shape index (κ2) is 7.27. The summed E-state index contributed by atoms with van der Waals surface area (Å²) in [5.41, 5.74) is 1.93. The Morgan fingerprint density at radius 1 is 1.12 bits per heavy atom. The Balaban J connectivity index is 1.50. The van der Waals surface area contributed by atoms with E-state index in [2.05, 4.69) is 9.88 Å². The fourth-order valence-corrected chi connectivity index (χ4v) is 3.95. The number of rotatable bonds is 4. The zero-order valence-electron chi connectivity index (χ0n) is 13.8. The van der Waals surface area contributed by atoms with Gasteiger partial charge in [-0.05, 0) is 18.6 Å². The Kier molecular flexibility index (Phi) is 4.87. The first-order chi connectivity index (χ1) is 12.2. The number of fused-ring (bicyclic) bond motifs is 1. The van der Waals surface area contributed by atoms with Crippen LogP contribution in [-0.2, 0) is 10.5 Å². The van der Waals surface area contributed by atoms with Crippen LogP contribution in [0.1, 0.15) is 11.3 Å². The topological polar surface area (TPSA) is 56.7 Å². The highest BCUT2D eigenvalue weighted by molar-refractivity contribution is 7.98. The predicted octanol–water partition coefficient (Wildman–Crippen LogP) is 3.30. The van der Waals surface area contributed by atoms with Crippen LogP contribution in [0.4, 0.5) is 5.82 Å². The van der Waals surface area contributed by atoms with Crippen LogP contribution in [0.25, 0.3) is 0 Å². The van der Waals surface area contributed by atoms with E-state index in [1.54, 1.807) is 17.8 Å². The lowest BCUT2D eigenvalue weighted by atomic mass is 10.2. The molecule has 2 aliphatic heterocycles. The molecule has 4 rings (SSSR count). The number of anilines is 1. The average molecular weight is 380 g/mol. The summed E-state index contributed by atoms with van der Waals surface area (Å²) in [6.07, 6.45) is 0. The maximum atomic E-state index is 6.35. The van der Waals surface area contributed by atoms with Crippen molar-refractivity contribution >= 4 is 29.2 Å². The van der Waals surface area contributed by atoms with Crippen LogP contribution in [0.15, 0.2) is 23.4 Å². The quantitative estimate of drug-likeness (QED) is 0.596. The summed E-state index contributed by atoms with van der Waals surface area (Å²) in [6, 6.07) is 5.75. The third-order valence-corrected chi connectivity index (χ3v) is 5.30. The number of morpholine rings is 1. The molecule has 3 heterocycles. The number of halogens is 1. The van der Waals surface area contributed by atoms with Gasteiger partial charge in [0.05, 0.1) is 13.2 Å². The van der Waals surface area contributed by atoms with Gasteiger partial charge in [0.25, 0.3) is 0 Å². The number of hydrogen-bond acceptors (Lipinski definition) is 7. The summed E-state index contributed by atoms with van der Waals surface area (Å²) in [6.45, 7) is 5.41. The standard InChI is InChI=1S/C17H18ClN3O3S/c1-11-6-16(21-2-4-22-5-3-21)20-17(19-11)25-9-12-7-14-15(8-13(12)18)24-10-23-14/h6-8H,2-5,9-10H2,1H3. The van der Waals surface area contributed by atoms with Crippen molar-refractivity contribution in [2.45, 2.75) is 17.8 Å². The van der Waals surface area contributed by atoms with Gasteiger partial charge in [0, 0.05) is 41.7 Å². The first-order valence-electron chi connectivity index (χ1n) is 8.08. The Bertz CT molecular complexity index is 784. The van der Waals surface area contributed by atoms with Gasteiger partial charge in [-0.25, -0.2) is 9.97 Å². The summed E-state index contributed by atoms with van der Waals surface area (Å²) in [5.74, 6) is 3.05. The van der Waals surface area contributed by atoms with E-state index in [1.165, 1.54) is 0 Å². The van der Waals surface area contributed by atoms with E-state index in [4.69, 9.17) is 30.8 Å². The van der Waals surface area contributed by atoms with Crippen LogP contribution in [0, 0.1) is 6.92 Å². The van der Waals surface area contributed by atoms with E-state index in [1.807, 2.05) is 19.1 Å². The number of nitrogens with zero attached hydrogens (tertiary/aromatic N) is 3. The van der Waals surface area contributed by atoms with Gasteiger partial charge in [-0.15, -0.1) is 0 Å². The summed E-state index contributed by atoms with van der Waals surface area (Å²) < 4.78 is 16.2. The first-order valence-corrected chi connectivity index (χ1v) is 9.44. The molecule has 1 saturated heterocycles. The number of thioether (sulfide) groups is 1. The Morgan fingerprint density at radius 2 is 1.88 bits per heavy atom. The third kappa shape index (κ3) is 3.78. The van der Waals surface area contributed by atoms with Gasteiger partial charge in [0.2, 0.25) is 6.79 Å². The maximum absolute atomic E-state index is 6.35. The molecule has 0 unspecified atom stereocenters. The van der Waals surface area contributed by atoms with Crippen molar-refractivity contribution in [1.29, 1.82) is 0 Å². The molecular formula is C17H18ClN3O3S. The molecular weight excluding hydrogens is 362 g/mol. The molecule has 0 spiro atoms. The third-order valence-electron chi connectivity index (χ3n) is 4.05. The Hall–Kier alpha value is -1.70. The van der Waals surface area contributed by atoms with Gasteiger partial charge in [0.15, 0.2) is 16.7 Å². The lowest BCUT2D eigenvalue weighted by Gasteiger charge is -2.28. The minimum absolute atomic E-state index is 0.242. The predicted molar refractivity (Wildman–Crippen MR) is 96.9 cm³/mol. The zero-order chi connectivity index (χ0) is 17.2. The minimum atomic E-state index is 0.242. The average Bonchev–Trinajstić information content (AvgIpc) is 3.07. The van der Waals surface area contributed by atoms with E-state index in [0.29, 0.717) is 16.5 Å². The molecule has 0 radical (unpaired) electrons. The van der Waals surface area contributed by atoms with Gasteiger partial charge in [0.1, 0.15) is 5.82 Å². The van der Waals surface area contributed by atoms with Crippen LogP contribution in [0.2, 0.25) is 5.02 Å². The number of aryl methyl sites for hydroxylation is 1. The molecule has 132 valence electrons. The number of aromatic nitrogens is 2. The van der Waals surface area contributed by atoms with E-state index in [-0.39, 0.29) is 6.79 Å². The Labute approximate surface area is 155 Å². The van der Waals surface area contributed by atoms with Crippen LogP contribution < -0.4 is 14.4 Å². The Morgan fingerprint density at radius 3 is 2.68 bits per heavy atom. The van der Waals surface area contributed by atoms with Gasteiger partial charge in [-0.1, -0.05) is 23.4 Å². The van der Waals surface area contributed by atoms with Crippen LogP contribution in [0.3, 0.4) is 0 Å². The largest absolute Gasteiger partial charge is 0.454 e. The molecule has 1 aromatic carbocycles. The molecule has 1 aromatic heterocycles. The zero-order valence-corrected chi connectivity index (χ0v) is 15.4. The van der Waals surface area contributed by atoms with Crippen molar-refractivity contribution in [3.8, 4) is 11.5 Å². The molecule has 8 heteroatoms. The van der Waals surface area contributed by atoms with Crippen molar-refractivity contribution in [3.63, 3.8) is 0 Å². The van der Waals surface area contributed by atoms with Gasteiger partial charge in [-0.3, -0.25) is 0 Å². The van der Waals surface area contributed by atoms with Crippen molar-refractivity contribution in [1.82, 2.24) is 9.97 Å². The molecule has 6 nitrogen and oxygen atoms in total. The van der Waals surface area contributed by atoms with Gasteiger partial charge in [-0.2, -0.15) is 0 Å². The number of ether oxygens (including phenoxy) is 3. The molecule has 0 amide bonds. The monoisotopic (exact) mass is 379 g/mol. The molecule has 0 N–H and O–H groups in total. The molecule has 25 heavy (non-hydrogen) atoms. The highest BCUT2D eigenvalue weighted by atomic mass is 35.5. The molecule has 0 aliphatic carbocycles. The fraction of sp³-hybridized carbons (Fsp3) is 0.412. The minimum Gasteiger partial charge on any atom is -0.454 e. The summed E-state index contributed by atoms with van der Waals surface area (Å²) in [4.78, 5) is 11.5. The van der Waals surface area contributed by atoms with Crippen LogP contribution in [-0.4, -0.2) is 43.1 Å². The number of benzene rings is 1. The van der Waals surface area contributed by atoms with Crippen molar-refractivity contribution in [3.05, 3.63) is 34.5 Å². The molecule has 2 aliphatic rings. The summed E-state index contributed by atoms with van der Waals surface area (Å²) >= 11 is 7.91.